The first-order chi connectivity index (χ1) is 7.43. The number of nitrogens with zero attached hydrogens (tertiary/aromatic N) is 1. The summed E-state index contributed by atoms with van der Waals surface area (Å²) >= 11 is 0. The van der Waals surface area contributed by atoms with Crippen LogP contribution in [0.5, 0.6) is 11.5 Å². The second-order valence-electron chi connectivity index (χ2n) is 2.86. The molecule has 0 aliphatic heterocycles. The van der Waals surface area contributed by atoms with E-state index in [9.17, 15) is 8.42 Å². The number of primary sulfonamides is 1. The van der Waals surface area contributed by atoms with Crippen LogP contribution < -0.4 is 14.6 Å². The Kier molecular flexibility index (Phi) is 3.37. The molecule has 0 aliphatic carbocycles. The van der Waals surface area contributed by atoms with Crippen LogP contribution in [0.15, 0.2) is 17.0 Å². The third-order valence-corrected chi connectivity index (χ3v) is 2.79. The highest BCUT2D eigenvalue weighted by Crippen LogP contribution is 2.33. The number of ether oxygens (including phenoxy) is 2. The molecule has 0 fully saturated rings. The summed E-state index contributed by atoms with van der Waals surface area (Å²) in [6, 6.07) is 4.15. The van der Waals surface area contributed by atoms with Crippen LogP contribution in [0.2, 0.25) is 0 Å². The molecule has 1 aromatic rings. The van der Waals surface area contributed by atoms with Gasteiger partial charge in [-0.25, -0.2) is 13.6 Å². The molecule has 2 N–H and O–H groups in total. The van der Waals surface area contributed by atoms with Gasteiger partial charge in [-0.1, -0.05) is 0 Å². The largest absolute Gasteiger partial charge is 0.493 e. The molecule has 0 spiro atoms. The minimum Gasteiger partial charge on any atom is -0.493 e. The van der Waals surface area contributed by atoms with Crippen LogP contribution in [-0.4, -0.2) is 22.6 Å². The topological polar surface area (TPSA) is 102 Å². The Labute approximate surface area is 93.2 Å². The molecule has 0 radical (unpaired) electrons. The van der Waals surface area contributed by atoms with E-state index in [2.05, 4.69) is 0 Å². The molecule has 0 saturated carbocycles. The van der Waals surface area contributed by atoms with E-state index in [1.54, 1.807) is 0 Å². The van der Waals surface area contributed by atoms with Crippen LogP contribution in [0.3, 0.4) is 0 Å². The Balaban J connectivity index is 3.58. The Hall–Kier alpha value is -1.78. The number of sulfonamides is 1. The van der Waals surface area contributed by atoms with Crippen LogP contribution in [0.4, 0.5) is 0 Å². The minimum absolute atomic E-state index is 0.0471. The molecule has 86 valence electrons. The van der Waals surface area contributed by atoms with Crippen LogP contribution in [0.25, 0.3) is 0 Å². The first kappa shape index (κ1) is 12.3. The highest BCUT2D eigenvalue weighted by Gasteiger charge is 2.17. The van der Waals surface area contributed by atoms with Crippen molar-refractivity contribution in [3.8, 4) is 17.6 Å². The van der Waals surface area contributed by atoms with Crippen molar-refractivity contribution in [3.05, 3.63) is 17.7 Å². The third-order valence-electron chi connectivity index (χ3n) is 1.90. The zero-order valence-electron chi connectivity index (χ0n) is 8.72. The summed E-state index contributed by atoms with van der Waals surface area (Å²) in [6.07, 6.45) is 0. The van der Waals surface area contributed by atoms with E-state index < -0.39 is 10.0 Å². The van der Waals surface area contributed by atoms with Gasteiger partial charge in [0, 0.05) is 6.07 Å². The Morgan fingerprint density at radius 1 is 1.31 bits per heavy atom. The van der Waals surface area contributed by atoms with Gasteiger partial charge in [-0.15, -0.1) is 0 Å². The number of nitrogens with two attached hydrogens (primary N) is 1. The van der Waals surface area contributed by atoms with Gasteiger partial charge in [0.2, 0.25) is 10.0 Å². The van der Waals surface area contributed by atoms with E-state index in [0.717, 1.165) is 6.07 Å². The predicted octanol–water partition coefficient (Wildman–Crippen LogP) is 0.223. The number of benzene rings is 1. The second kappa shape index (κ2) is 4.38. The lowest BCUT2D eigenvalue weighted by molar-refractivity contribution is 0.353. The van der Waals surface area contributed by atoms with Crippen LogP contribution in [0.1, 0.15) is 5.56 Å². The summed E-state index contributed by atoms with van der Waals surface area (Å²) in [5.74, 6) is 0.322. The standard InChI is InChI=1S/C9H10N2O4S/c1-14-8-4-7(16(11,12)13)3-6(5-10)9(8)15-2/h3-4H,1-2H3,(H2,11,12,13). The zero-order valence-corrected chi connectivity index (χ0v) is 9.54. The van der Waals surface area contributed by atoms with Gasteiger partial charge < -0.3 is 9.47 Å². The van der Waals surface area contributed by atoms with Gasteiger partial charge in [-0.05, 0) is 6.07 Å². The molecule has 6 nitrogen and oxygen atoms in total. The van der Waals surface area contributed by atoms with Crippen molar-refractivity contribution in [2.24, 2.45) is 5.14 Å². The van der Waals surface area contributed by atoms with Crippen molar-refractivity contribution < 1.29 is 17.9 Å². The molecule has 0 bridgehead atoms. The van der Waals surface area contributed by atoms with Crippen LogP contribution in [-0.2, 0) is 10.0 Å². The Bertz CT molecular complexity index is 545. The van der Waals surface area contributed by atoms with E-state index in [4.69, 9.17) is 19.9 Å². The smallest absolute Gasteiger partial charge is 0.238 e. The number of nitriles is 1. The van der Waals surface area contributed by atoms with Gasteiger partial charge in [0.1, 0.15) is 6.07 Å². The molecular formula is C9H10N2O4S. The molecular weight excluding hydrogens is 232 g/mol. The average Bonchev–Trinajstić information content (AvgIpc) is 2.25. The van der Waals surface area contributed by atoms with E-state index in [1.807, 2.05) is 6.07 Å². The van der Waals surface area contributed by atoms with Gasteiger partial charge in [-0.2, -0.15) is 5.26 Å². The monoisotopic (exact) mass is 242 g/mol. The summed E-state index contributed by atoms with van der Waals surface area (Å²) in [6.45, 7) is 0. The number of methoxy groups -OCH3 is 2. The predicted molar refractivity (Wildman–Crippen MR) is 55.6 cm³/mol. The molecule has 1 rings (SSSR count). The SMILES string of the molecule is COc1cc(S(N)(=O)=O)cc(C#N)c1OC. The third kappa shape index (κ3) is 2.24. The first-order valence-electron chi connectivity index (χ1n) is 4.13. The van der Waals surface area contributed by atoms with Gasteiger partial charge in [0.25, 0.3) is 0 Å². The molecule has 1 aromatic carbocycles. The van der Waals surface area contributed by atoms with Gasteiger partial charge >= 0.3 is 0 Å². The quantitative estimate of drug-likeness (QED) is 0.816. The van der Waals surface area contributed by atoms with Crippen molar-refractivity contribution in [2.45, 2.75) is 4.90 Å². The normalized spacial score (nSPS) is 10.6. The lowest BCUT2D eigenvalue weighted by Crippen LogP contribution is -2.12. The van der Waals surface area contributed by atoms with Crippen LogP contribution >= 0.6 is 0 Å². The van der Waals surface area contributed by atoms with Gasteiger partial charge in [0.15, 0.2) is 11.5 Å². The summed E-state index contributed by atoms with van der Waals surface area (Å²) in [7, 11) is -1.18. The van der Waals surface area contributed by atoms with E-state index in [1.165, 1.54) is 20.3 Å². The van der Waals surface area contributed by atoms with E-state index in [0.29, 0.717) is 0 Å². The number of rotatable bonds is 3. The van der Waals surface area contributed by atoms with Gasteiger partial charge in [-0.3, -0.25) is 0 Å². The molecule has 7 heteroatoms. The average molecular weight is 242 g/mol. The second-order valence-corrected chi connectivity index (χ2v) is 4.42. The van der Waals surface area contributed by atoms with Crippen molar-refractivity contribution in [3.63, 3.8) is 0 Å². The summed E-state index contributed by atoms with van der Waals surface area (Å²) in [5.41, 5.74) is 0.0471. The molecule has 0 amide bonds. The molecule has 0 heterocycles. The molecule has 0 aliphatic rings. The fourth-order valence-electron chi connectivity index (χ4n) is 1.19. The molecule has 0 saturated heterocycles. The number of hydrogen-bond donors (Lipinski definition) is 1. The molecule has 16 heavy (non-hydrogen) atoms. The minimum atomic E-state index is -3.88. The number of hydrogen-bond acceptors (Lipinski definition) is 5. The van der Waals surface area contributed by atoms with Crippen molar-refractivity contribution in [1.82, 2.24) is 0 Å². The van der Waals surface area contributed by atoms with E-state index >= 15 is 0 Å². The van der Waals surface area contributed by atoms with Crippen molar-refractivity contribution in [2.75, 3.05) is 14.2 Å². The summed E-state index contributed by atoms with van der Waals surface area (Å²) in [5, 5.41) is 13.8. The fourth-order valence-corrected chi connectivity index (χ4v) is 1.74. The maximum absolute atomic E-state index is 11.1. The molecule has 0 atom stereocenters. The van der Waals surface area contributed by atoms with E-state index in [-0.39, 0.29) is 22.0 Å². The lowest BCUT2D eigenvalue weighted by Gasteiger charge is -2.10. The summed E-state index contributed by atoms with van der Waals surface area (Å²) in [4.78, 5) is -0.193. The summed E-state index contributed by atoms with van der Waals surface area (Å²) < 4.78 is 32.1. The fraction of sp³-hybridized carbons (Fsp3) is 0.222. The molecule has 0 aromatic heterocycles. The Morgan fingerprint density at radius 3 is 2.31 bits per heavy atom. The van der Waals surface area contributed by atoms with Crippen molar-refractivity contribution >= 4 is 10.0 Å². The van der Waals surface area contributed by atoms with Crippen molar-refractivity contribution in [1.29, 1.82) is 5.26 Å². The maximum atomic E-state index is 11.1. The van der Waals surface area contributed by atoms with Crippen LogP contribution in [0, 0.1) is 11.3 Å². The first-order valence-corrected chi connectivity index (χ1v) is 5.67. The molecule has 0 unspecified atom stereocenters. The highest BCUT2D eigenvalue weighted by molar-refractivity contribution is 7.89. The maximum Gasteiger partial charge on any atom is 0.238 e. The highest BCUT2D eigenvalue weighted by atomic mass is 32.2. The Morgan fingerprint density at radius 2 is 1.94 bits per heavy atom. The zero-order chi connectivity index (χ0) is 12.3. The lowest BCUT2D eigenvalue weighted by atomic mass is 10.2. The van der Waals surface area contributed by atoms with Gasteiger partial charge in [0.05, 0.1) is 24.7 Å².